The van der Waals surface area contributed by atoms with E-state index in [4.69, 9.17) is 16.3 Å². The Bertz CT molecular complexity index is 483. The van der Waals surface area contributed by atoms with Crippen LogP contribution in [0.3, 0.4) is 0 Å². The molecule has 1 N–H and O–H groups in total. The summed E-state index contributed by atoms with van der Waals surface area (Å²) < 4.78 is 6.25. The van der Waals surface area contributed by atoms with Crippen molar-refractivity contribution in [1.29, 1.82) is 0 Å². The van der Waals surface area contributed by atoms with Crippen LogP contribution in [-0.4, -0.2) is 47.1 Å². The fraction of sp³-hybridized carbons (Fsp3) is 0.462. The molecule has 0 saturated carbocycles. The number of amides is 1. The summed E-state index contributed by atoms with van der Waals surface area (Å²) in [5.41, 5.74) is 0.486. The van der Waals surface area contributed by atoms with Crippen LogP contribution < -0.4 is 0 Å². The lowest BCUT2D eigenvalue weighted by atomic mass is 10.1. The number of hydrogen-bond donors (Lipinski definition) is 1. The number of phenolic OH excluding ortho intramolecular Hbond substituents is 1. The second-order valence-electron chi connectivity index (χ2n) is 4.58. The Kier molecular flexibility index (Phi) is 4.92. The van der Waals surface area contributed by atoms with Crippen LogP contribution in [0.4, 0.5) is 0 Å². The van der Waals surface area contributed by atoms with E-state index in [1.165, 1.54) is 6.07 Å². The third-order valence-electron chi connectivity index (χ3n) is 3.13. The molecule has 19 heavy (non-hydrogen) atoms. The van der Waals surface area contributed by atoms with Gasteiger partial charge in [0.25, 0.3) is 5.91 Å². The van der Waals surface area contributed by atoms with Gasteiger partial charge in [0.2, 0.25) is 0 Å². The number of phenols is 1. The Morgan fingerprint density at radius 2 is 2.37 bits per heavy atom. The van der Waals surface area contributed by atoms with Crippen molar-refractivity contribution in [2.75, 3.05) is 19.0 Å². The van der Waals surface area contributed by atoms with Crippen LogP contribution in [0.1, 0.15) is 17.3 Å². The molecule has 0 radical (unpaired) electrons. The minimum atomic E-state index is -0.126. The van der Waals surface area contributed by atoms with E-state index in [1.54, 1.807) is 17.0 Å². The molecule has 1 aromatic carbocycles. The molecule has 1 heterocycles. The van der Waals surface area contributed by atoms with Crippen molar-refractivity contribution in [2.24, 2.45) is 0 Å². The van der Waals surface area contributed by atoms with Gasteiger partial charge in [-0.3, -0.25) is 4.79 Å². The summed E-state index contributed by atoms with van der Waals surface area (Å²) in [4.78, 5) is 14.2. The first kappa shape index (κ1) is 14.9. The molecule has 2 atom stereocenters. The van der Waals surface area contributed by atoms with Crippen LogP contribution in [0.5, 0.6) is 5.75 Å². The number of rotatable bonds is 2. The summed E-state index contributed by atoms with van der Waals surface area (Å²) in [6.07, 6.45) is -0.126. The standard InChI is InChI=1S/C13H15ClINO3/c1-8-7-19-10(5-14)6-16(8)13(18)9-2-3-11(15)12(17)4-9/h2-4,8,10,17H,5-7H2,1H3. The Morgan fingerprint density at radius 1 is 1.63 bits per heavy atom. The molecule has 0 bridgehead atoms. The summed E-state index contributed by atoms with van der Waals surface area (Å²) in [6, 6.07) is 4.96. The van der Waals surface area contributed by atoms with Gasteiger partial charge in [-0.05, 0) is 47.7 Å². The molecule has 1 amide bonds. The van der Waals surface area contributed by atoms with Crippen LogP contribution in [-0.2, 0) is 4.74 Å². The van der Waals surface area contributed by atoms with E-state index < -0.39 is 0 Å². The molecule has 1 saturated heterocycles. The lowest BCUT2D eigenvalue weighted by Crippen LogP contribution is -2.51. The Hall–Kier alpha value is -0.530. The van der Waals surface area contributed by atoms with Crippen molar-refractivity contribution < 1.29 is 14.6 Å². The molecule has 0 aliphatic carbocycles. The maximum Gasteiger partial charge on any atom is 0.254 e. The van der Waals surface area contributed by atoms with Gasteiger partial charge in [-0.1, -0.05) is 0 Å². The molecule has 0 spiro atoms. The first-order valence-corrected chi connectivity index (χ1v) is 7.61. The zero-order chi connectivity index (χ0) is 14.0. The van der Waals surface area contributed by atoms with E-state index in [0.717, 1.165) is 3.57 Å². The van der Waals surface area contributed by atoms with E-state index >= 15 is 0 Å². The first-order valence-electron chi connectivity index (χ1n) is 6.00. The molecule has 1 aromatic rings. The maximum absolute atomic E-state index is 12.4. The Morgan fingerprint density at radius 3 is 3.00 bits per heavy atom. The van der Waals surface area contributed by atoms with Crippen LogP contribution >= 0.6 is 34.2 Å². The largest absolute Gasteiger partial charge is 0.507 e. The Labute approximate surface area is 130 Å². The number of nitrogens with zero attached hydrogens (tertiary/aromatic N) is 1. The van der Waals surface area contributed by atoms with Gasteiger partial charge in [-0.2, -0.15) is 0 Å². The van der Waals surface area contributed by atoms with Crippen LogP contribution in [0.25, 0.3) is 0 Å². The fourth-order valence-electron chi connectivity index (χ4n) is 2.01. The SMILES string of the molecule is CC1COC(CCl)CN1C(=O)c1ccc(I)c(O)c1. The van der Waals surface area contributed by atoms with Gasteiger partial charge in [-0.25, -0.2) is 0 Å². The number of hydrogen-bond acceptors (Lipinski definition) is 3. The van der Waals surface area contributed by atoms with E-state index in [0.29, 0.717) is 24.6 Å². The highest BCUT2D eigenvalue weighted by Gasteiger charge is 2.30. The number of alkyl halides is 1. The van der Waals surface area contributed by atoms with Crippen LogP contribution in [0, 0.1) is 3.57 Å². The number of halogens is 2. The van der Waals surface area contributed by atoms with E-state index in [2.05, 4.69) is 0 Å². The predicted octanol–water partition coefficient (Wildman–Crippen LogP) is 2.47. The highest BCUT2D eigenvalue weighted by molar-refractivity contribution is 14.1. The smallest absolute Gasteiger partial charge is 0.254 e. The lowest BCUT2D eigenvalue weighted by Gasteiger charge is -2.37. The van der Waals surface area contributed by atoms with Crippen LogP contribution in [0.2, 0.25) is 0 Å². The second-order valence-corrected chi connectivity index (χ2v) is 6.05. The third-order valence-corrected chi connectivity index (χ3v) is 4.39. The number of carbonyl (C=O) groups is 1. The molecule has 104 valence electrons. The number of ether oxygens (including phenoxy) is 1. The molecule has 2 rings (SSSR count). The summed E-state index contributed by atoms with van der Waals surface area (Å²) in [5.74, 6) is 0.396. The van der Waals surface area contributed by atoms with Crippen molar-refractivity contribution in [2.45, 2.75) is 19.1 Å². The predicted molar refractivity (Wildman–Crippen MR) is 81.8 cm³/mol. The second kappa shape index (κ2) is 6.28. The third kappa shape index (κ3) is 3.32. The van der Waals surface area contributed by atoms with Gasteiger partial charge >= 0.3 is 0 Å². The molecule has 6 heteroatoms. The zero-order valence-corrected chi connectivity index (χ0v) is 13.4. The highest BCUT2D eigenvalue weighted by atomic mass is 127. The highest BCUT2D eigenvalue weighted by Crippen LogP contribution is 2.23. The minimum absolute atomic E-state index is 0.00777. The number of carbonyl (C=O) groups excluding carboxylic acids is 1. The summed E-state index contributed by atoms with van der Waals surface area (Å²) in [5, 5.41) is 9.69. The molecule has 4 nitrogen and oxygen atoms in total. The van der Waals surface area contributed by atoms with Crippen molar-refractivity contribution in [3.05, 3.63) is 27.3 Å². The quantitative estimate of drug-likeness (QED) is 0.618. The van der Waals surface area contributed by atoms with Gasteiger partial charge in [-0.15, -0.1) is 11.6 Å². The van der Waals surface area contributed by atoms with Crippen molar-refractivity contribution in [1.82, 2.24) is 4.90 Å². The van der Waals surface area contributed by atoms with E-state index in [-0.39, 0.29) is 23.8 Å². The molecule has 2 unspecified atom stereocenters. The number of benzene rings is 1. The minimum Gasteiger partial charge on any atom is -0.507 e. The van der Waals surface area contributed by atoms with Crippen LogP contribution in [0.15, 0.2) is 18.2 Å². The molecule has 1 fully saturated rings. The molecule has 0 aromatic heterocycles. The number of aromatic hydroxyl groups is 1. The van der Waals surface area contributed by atoms with Gasteiger partial charge in [0, 0.05) is 12.1 Å². The van der Waals surface area contributed by atoms with E-state index in [1.807, 2.05) is 29.5 Å². The Balaban J connectivity index is 2.19. The van der Waals surface area contributed by atoms with E-state index in [9.17, 15) is 9.90 Å². The monoisotopic (exact) mass is 395 g/mol. The summed E-state index contributed by atoms with van der Waals surface area (Å²) in [7, 11) is 0. The van der Waals surface area contributed by atoms with Crippen molar-refractivity contribution in [3.63, 3.8) is 0 Å². The fourth-order valence-corrected chi connectivity index (χ4v) is 2.53. The number of morpholine rings is 1. The molecule has 1 aliphatic rings. The molecular weight excluding hydrogens is 381 g/mol. The normalized spacial score (nSPS) is 23.4. The van der Waals surface area contributed by atoms with Crippen molar-refractivity contribution >= 4 is 40.1 Å². The summed E-state index contributed by atoms with van der Waals surface area (Å²) in [6.45, 7) is 2.91. The topological polar surface area (TPSA) is 49.8 Å². The molecular formula is C13H15ClINO3. The van der Waals surface area contributed by atoms with Gasteiger partial charge in [0.1, 0.15) is 5.75 Å². The average Bonchev–Trinajstić information content (AvgIpc) is 2.41. The first-order chi connectivity index (χ1) is 9.02. The maximum atomic E-state index is 12.4. The van der Waals surface area contributed by atoms with Crippen molar-refractivity contribution in [3.8, 4) is 5.75 Å². The summed E-state index contributed by atoms with van der Waals surface area (Å²) >= 11 is 7.81. The zero-order valence-electron chi connectivity index (χ0n) is 10.5. The molecule has 1 aliphatic heterocycles. The van der Waals surface area contributed by atoms with Gasteiger partial charge < -0.3 is 14.7 Å². The van der Waals surface area contributed by atoms with Gasteiger partial charge in [0.15, 0.2) is 0 Å². The lowest BCUT2D eigenvalue weighted by molar-refractivity contribution is -0.0371. The average molecular weight is 396 g/mol. The van der Waals surface area contributed by atoms with Gasteiger partial charge in [0.05, 0.1) is 28.2 Å².